The molecule has 3 aromatic carbocycles. The number of hydrogen-bond donors (Lipinski definition) is 1. The number of rotatable bonds is 1. The van der Waals surface area contributed by atoms with E-state index in [1.807, 2.05) is 36.4 Å². The SMILES string of the molecule is O=C(c1cccc2ccccc12)n1[nH]c(=O)c2ccc(Cl)cc21. The first-order chi connectivity index (χ1) is 11.1. The second-order valence-electron chi connectivity index (χ2n) is 5.27. The lowest BCUT2D eigenvalue weighted by atomic mass is 10.0. The summed E-state index contributed by atoms with van der Waals surface area (Å²) < 4.78 is 1.26. The van der Waals surface area contributed by atoms with Crippen LogP contribution in [0.5, 0.6) is 0 Å². The van der Waals surface area contributed by atoms with Crippen LogP contribution in [0.4, 0.5) is 0 Å². The molecule has 0 unspecified atom stereocenters. The zero-order chi connectivity index (χ0) is 16.0. The number of nitrogens with zero attached hydrogens (tertiary/aromatic N) is 1. The van der Waals surface area contributed by atoms with Gasteiger partial charge in [-0.25, -0.2) is 4.68 Å². The highest BCUT2D eigenvalue weighted by Crippen LogP contribution is 2.22. The number of aromatic nitrogens is 2. The first-order valence-electron chi connectivity index (χ1n) is 7.08. The molecule has 1 heterocycles. The highest BCUT2D eigenvalue weighted by Gasteiger charge is 2.16. The summed E-state index contributed by atoms with van der Waals surface area (Å²) in [5.41, 5.74) is 0.682. The van der Waals surface area contributed by atoms with Gasteiger partial charge >= 0.3 is 0 Å². The Kier molecular flexibility index (Phi) is 3.06. The van der Waals surface area contributed by atoms with Crippen molar-refractivity contribution < 1.29 is 4.79 Å². The quantitative estimate of drug-likeness (QED) is 0.579. The standard InChI is InChI=1S/C18H11ClN2O2/c19-12-8-9-15-16(10-12)21(20-17(15)22)18(23)14-7-3-5-11-4-1-2-6-13(11)14/h1-10H,(H,20,22). The number of hydrogen-bond acceptors (Lipinski definition) is 2. The molecule has 0 aliphatic carbocycles. The molecule has 1 aromatic heterocycles. The van der Waals surface area contributed by atoms with Gasteiger partial charge in [-0.3, -0.25) is 14.7 Å². The Morgan fingerprint density at radius 2 is 1.74 bits per heavy atom. The third-order valence-electron chi connectivity index (χ3n) is 3.88. The molecule has 4 nitrogen and oxygen atoms in total. The van der Waals surface area contributed by atoms with E-state index in [1.54, 1.807) is 24.3 Å². The molecule has 0 fully saturated rings. The zero-order valence-corrected chi connectivity index (χ0v) is 12.7. The predicted octanol–water partition coefficient (Wildman–Crippen LogP) is 3.82. The Bertz CT molecular complexity index is 1120. The summed E-state index contributed by atoms with van der Waals surface area (Å²) in [5, 5.41) is 5.30. The molecule has 4 aromatic rings. The summed E-state index contributed by atoms with van der Waals surface area (Å²) in [6.45, 7) is 0. The van der Waals surface area contributed by atoms with E-state index >= 15 is 0 Å². The molecule has 0 aliphatic rings. The van der Waals surface area contributed by atoms with Crippen molar-refractivity contribution in [3.05, 3.63) is 81.6 Å². The lowest BCUT2D eigenvalue weighted by Crippen LogP contribution is -2.16. The Morgan fingerprint density at radius 1 is 0.957 bits per heavy atom. The molecule has 4 rings (SSSR count). The van der Waals surface area contributed by atoms with Crippen molar-refractivity contribution in [3.8, 4) is 0 Å². The number of halogens is 1. The first kappa shape index (κ1) is 13.8. The van der Waals surface area contributed by atoms with Gasteiger partial charge in [0.1, 0.15) is 0 Å². The number of carbonyl (C=O) groups is 1. The average Bonchev–Trinajstić information content (AvgIpc) is 2.90. The summed E-state index contributed by atoms with van der Waals surface area (Å²) in [6, 6.07) is 18.0. The maximum Gasteiger partial charge on any atom is 0.277 e. The number of H-pyrrole nitrogens is 1. The van der Waals surface area contributed by atoms with Crippen LogP contribution in [0.1, 0.15) is 10.4 Å². The number of nitrogens with one attached hydrogen (secondary N) is 1. The lowest BCUT2D eigenvalue weighted by Gasteiger charge is -2.07. The first-order valence-corrected chi connectivity index (χ1v) is 7.46. The smallest absolute Gasteiger partial charge is 0.267 e. The van der Waals surface area contributed by atoms with Gasteiger partial charge in [0, 0.05) is 10.6 Å². The van der Waals surface area contributed by atoms with Gasteiger partial charge in [0.15, 0.2) is 0 Å². The van der Waals surface area contributed by atoms with Gasteiger partial charge in [0.2, 0.25) is 0 Å². The van der Waals surface area contributed by atoms with E-state index in [0.29, 0.717) is 21.5 Å². The fourth-order valence-corrected chi connectivity index (χ4v) is 2.96. The van der Waals surface area contributed by atoms with Gasteiger partial charge < -0.3 is 0 Å². The number of fused-ring (bicyclic) bond motifs is 2. The van der Waals surface area contributed by atoms with Crippen LogP contribution in [-0.4, -0.2) is 15.7 Å². The molecular weight excluding hydrogens is 312 g/mol. The van der Waals surface area contributed by atoms with E-state index in [-0.39, 0.29) is 11.5 Å². The second kappa shape index (κ2) is 5.11. The molecular formula is C18H11ClN2O2. The number of carbonyl (C=O) groups excluding carboxylic acids is 1. The molecule has 0 bridgehead atoms. The fourth-order valence-electron chi connectivity index (χ4n) is 2.80. The van der Waals surface area contributed by atoms with E-state index in [4.69, 9.17) is 11.6 Å². The van der Waals surface area contributed by atoms with Crippen LogP contribution in [0.3, 0.4) is 0 Å². The maximum atomic E-state index is 12.9. The van der Waals surface area contributed by atoms with Crippen LogP contribution in [-0.2, 0) is 0 Å². The normalized spacial score (nSPS) is 11.2. The molecule has 1 N–H and O–H groups in total. The zero-order valence-electron chi connectivity index (χ0n) is 11.9. The van der Waals surface area contributed by atoms with Crippen molar-refractivity contribution >= 4 is 39.2 Å². The van der Waals surface area contributed by atoms with Crippen LogP contribution >= 0.6 is 11.6 Å². The molecule has 0 aliphatic heterocycles. The van der Waals surface area contributed by atoms with Crippen molar-refractivity contribution in [1.82, 2.24) is 9.78 Å². The van der Waals surface area contributed by atoms with E-state index in [1.165, 1.54) is 4.68 Å². The molecule has 5 heteroatoms. The van der Waals surface area contributed by atoms with Gasteiger partial charge in [-0.05, 0) is 35.0 Å². The summed E-state index contributed by atoms with van der Waals surface area (Å²) in [5.74, 6) is -0.295. The molecule has 0 spiro atoms. The monoisotopic (exact) mass is 322 g/mol. The van der Waals surface area contributed by atoms with Crippen LogP contribution in [0.15, 0.2) is 65.5 Å². The van der Waals surface area contributed by atoms with Crippen LogP contribution in [0.2, 0.25) is 5.02 Å². The van der Waals surface area contributed by atoms with Gasteiger partial charge in [0.25, 0.3) is 11.5 Å². The topological polar surface area (TPSA) is 54.9 Å². The van der Waals surface area contributed by atoms with Gasteiger partial charge in [0.05, 0.1) is 10.9 Å². The highest BCUT2D eigenvalue weighted by atomic mass is 35.5. The maximum absolute atomic E-state index is 12.9. The molecule has 0 saturated carbocycles. The van der Waals surface area contributed by atoms with Crippen molar-refractivity contribution in [2.75, 3.05) is 0 Å². The average molecular weight is 323 g/mol. The van der Waals surface area contributed by atoms with Crippen LogP contribution in [0, 0.1) is 0 Å². The van der Waals surface area contributed by atoms with Crippen LogP contribution in [0.25, 0.3) is 21.7 Å². The Morgan fingerprint density at radius 3 is 2.61 bits per heavy atom. The summed E-state index contributed by atoms with van der Waals surface area (Å²) in [7, 11) is 0. The fraction of sp³-hybridized carbons (Fsp3) is 0. The second-order valence-corrected chi connectivity index (χ2v) is 5.71. The minimum absolute atomic E-state index is 0.295. The van der Waals surface area contributed by atoms with Crippen molar-refractivity contribution in [2.45, 2.75) is 0 Å². The van der Waals surface area contributed by atoms with Gasteiger partial charge in [-0.1, -0.05) is 48.0 Å². The van der Waals surface area contributed by atoms with Crippen molar-refractivity contribution in [2.24, 2.45) is 0 Å². The van der Waals surface area contributed by atoms with Crippen molar-refractivity contribution in [1.29, 1.82) is 0 Å². The lowest BCUT2D eigenvalue weighted by molar-refractivity contribution is 0.0951. The molecule has 23 heavy (non-hydrogen) atoms. The Hall–Kier alpha value is -2.85. The summed E-state index contributed by atoms with van der Waals surface area (Å²) in [6.07, 6.45) is 0. The third-order valence-corrected chi connectivity index (χ3v) is 4.12. The Balaban J connectivity index is 1.99. The van der Waals surface area contributed by atoms with E-state index in [2.05, 4.69) is 5.10 Å². The molecule has 112 valence electrons. The summed E-state index contributed by atoms with van der Waals surface area (Å²) >= 11 is 6.01. The molecule has 0 atom stereocenters. The van der Waals surface area contributed by atoms with Gasteiger partial charge in [-0.2, -0.15) is 0 Å². The van der Waals surface area contributed by atoms with E-state index in [9.17, 15) is 9.59 Å². The van der Waals surface area contributed by atoms with Gasteiger partial charge in [-0.15, -0.1) is 0 Å². The van der Waals surface area contributed by atoms with Crippen molar-refractivity contribution in [3.63, 3.8) is 0 Å². The highest BCUT2D eigenvalue weighted by molar-refractivity contribution is 6.31. The minimum atomic E-state index is -0.315. The van der Waals surface area contributed by atoms with E-state index < -0.39 is 0 Å². The number of aromatic amines is 1. The molecule has 0 amide bonds. The number of benzene rings is 3. The van der Waals surface area contributed by atoms with E-state index in [0.717, 1.165) is 10.8 Å². The molecule has 0 saturated heterocycles. The largest absolute Gasteiger partial charge is 0.277 e. The third kappa shape index (κ3) is 2.15. The van der Waals surface area contributed by atoms with Crippen LogP contribution < -0.4 is 5.56 Å². The Labute approximate surface area is 135 Å². The predicted molar refractivity (Wildman–Crippen MR) is 91.2 cm³/mol. The molecule has 0 radical (unpaired) electrons. The summed E-state index contributed by atoms with van der Waals surface area (Å²) in [4.78, 5) is 25.0. The minimum Gasteiger partial charge on any atom is -0.267 e.